The maximum absolute atomic E-state index is 14.6. The highest BCUT2D eigenvalue weighted by atomic mass is 19.1. The molecule has 0 radical (unpaired) electrons. The second kappa shape index (κ2) is 6.68. The molecule has 126 valence electrons. The molecule has 0 aliphatic heterocycles. The van der Waals surface area contributed by atoms with Crippen LogP contribution in [0.15, 0.2) is 59.6 Å². The maximum Gasteiger partial charge on any atom is 0.280 e. The summed E-state index contributed by atoms with van der Waals surface area (Å²) in [4.78, 5) is 15.6. The van der Waals surface area contributed by atoms with Gasteiger partial charge in [-0.15, -0.1) is 0 Å². The van der Waals surface area contributed by atoms with Crippen molar-refractivity contribution in [2.24, 2.45) is 16.5 Å². The van der Waals surface area contributed by atoms with Crippen LogP contribution in [0, 0.1) is 5.82 Å². The molecule has 6 heteroatoms. The smallest absolute Gasteiger partial charge is 0.280 e. The number of rotatable bonds is 3. The number of nitrogens with two attached hydrogens (primary N) is 2. The largest absolute Gasteiger partial charge is 0.370 e. The van der Waals surface area contributed by atoms with E-state index in [4.69, 9.17) is 11.5 Å². The molecule has 0 spiro atoms. The summed E-state index contributed by atoms with van der Waals surface area (Å²) in [5.74, 6) is -1.53. The zero-order valence-corrected chi connectivity index (χ0v) is 13.2. The van der Waals surface area contributed by atoms with Crippen LogP contribution in [-0.4, -0.2) is 11.9 Å². The second-order valence-corrected chi connectivity index (χ2v) is 5.50. The summed E-state index contributed by atoms with van der Waals surface area (Å²) in [5, 5.41) is 1.46. The fourth-order valence-corrected chi connectivity index (χ4v) is 2.71. The minimum atomic E-state index is -0.890. The average molecular weight is 339 g/mol. The molecule has 0 heterocycles. The molecule has 0 atom stereocenters. The molecule has 0 aromatic heterocycles. The first-order valence-corrected chi connectivity index (χ1v) is 7.51. The average Bonchev–Trinajstić information content (AvgIpc) is 2.60. The SMILES string of the molecule is NC(N)=NC(=O)c1ccc2cccc(-c3cccc(CF)c3F)c2c1. The lowest BCUT2D eigenvalue weighted by molar-refractivity contribution is 0.100. The molecule has 0 saturated heterocycles. The quantitative estimate of drug-likeness (QED) is 0.566. The number of alkyl halides is 1. The van der Waals surface area contributed by atoms with E-state index in [-0.39, 0.29) is 22.6 Å². The van der Waals surface area contributed by atoms with Crippen molar-refractivity contribution in [2.45, 2.75) is 6.67 Å². The summed E-state index contributed by atoms with van der Waals surface area (Å²) in [7, 11) is 0. The Kier molecular flexibility index (Phi) is 4.43. The number of hydrogen-bond acceptors (Lipinski definition) is 1. The van der Waals surface area contributed by atoms with E-state index < -0.39 is 18.4 Å². The summed E-state index contributed by atoms with van der Waals surface area (Å²) in [6.07, 6.45) is 0. The number of fused-ring (bicyclic) bond motifs is 1. The third-order valence-corrected chi connectivity index (χ3v) is 3.87. The van der Waals surface area contributed by atoms with Crippen LogP contribution in [0.25, 0.3) is 21.9 Å². The molecule has 4 N–H and O–H groups in total. The fraction of sp³-hybridized carbons (Fsp3) is 0.0526. The highest BCUT2D eigenvalue weighted by Gasteiger charge is 2.14. The Balaban J connectivity index is 2.23. The third-order valence-electron chi connectivity index (χ3n) is 3.87. The molecule has 0 aliphatic carbocycles. The first kappa shape index (κ1) is 16.6. The predicted molar refractivity (Wildman–Crippen MR) is 94.3 cm³/mol. The van der Waals surface area contributed by atoms with Crippen LogP contribution in [-0.2, 0) is 6.67 Å². The van der Waals surface area contributed by atoms with Crippen LogP contribution < -0.4 is 11.5 Å². The van der Waals surface area contributed by atoms with Crippen molar-refractivity contribution < 1.29 is 13.6 Å². The Morgan fingerprint density at radius 2 is 1.72 bits per heavy atom. The van der Waals surface area contributed by atoms with Gasteiger partial charge >= 0.3 is 0 Å². The molecule has 0 saturated carbocycles. The van der Waals surface area contributed by atoms with Gasteiger partial charge in [-0.05, 0) is 28.5 Å². The fourth-order valence-electron chi connectivity index (χ4n) is 2.71. The standard InChI is InChI=1S/C19H15F2N3O/c20-10-13-4-2-6-15(17(13)21)14-5-1-3-11-7-8-12(9-16(11)14)18(25)24-19(22)23/h1-9H,10H2,(H4,22,23,24,25). The first-order chi connectivity index (χ1) is 12.0. The molecule has 0 fully saturated rings. The van der Waals surface area contributed by atoms with Crippen molar-refractivity contribution >= 4 is 22.6 Å². The van der Waals surface area contributed by atoms with E-state index in [0.717, 1.165) is 5.39 Å². The maximum atomic E-state index is 14.6. The van der Waals surface area contributed by atoms with Gasteiger partial charge in [-0.1, -0.05) is 42.5 Å². The Labute approximate surface area is 142 Å². The second-order valence-electron chi connectivity index (χ2n) is 5.50. The monoisotopic (exact) mass is 339 g/mol. The van der Waals surface area contributed by atoms with E-state index in [0.29, 0.717) is 10.9 Å². The van der Waals surface area contributed by atoms with E-state index in [1.54, 1.807) is 42.5 Å². The number of aliphatic imine (C=N–C) groups is 1. The molecule has 0 aliphatic rings. The molecular weight excluding hydrogens is 324 g/mol. The van der Waals surface area contributed by atoms with Gasteiger partial charge in [-0.25, -0.2) is 8.78 Å². The minimum absolute atomic E-state index is 0.0118. The highest BCUT2D eigenvalue weighted by Crippen LogP contribution is 2.32. The van der Waals surface area contributed by atoms with Crippen LogP contribution >= 0.6 is 0 Å². The van der Waals surface area contributed by atoms with E-state index in [2.05, 4.69) is 4.99 Å². The molecule has 1 amide bonds. The van der Waals surface area contributed by atoms with Crippen molar-refractivity contribution in [3.8, 4) is 11.1 Å². The van der Waals surface area contributed by atoms with Crippen LogP contribution in [0.3, 0.4) is 0 Å². The summed E-state index contributed by atoms with van der Waals surface area (Å²) in [6, 6.07) is 14.8. The Bertz CT molecular complexity index is 995. The summed E-state index contributed by atoms with van der Waals surface area (Å²) in [5.41, 5.74) is 11.6. The molecule has 3 aromatic rings. The van der Waals surface area contributed by atoms with Crippen LogP contribution in [0.5, 0.6) is 0 Å². The van der Waals surface area contributed by atoms with Gasteiger partial charge in [0, 0.05) is 16.7 Å². The van der Waals surface area contributed by atoms with Gasteiger partial charge in [0.2, 0.25) is 0 Å². The number of halogens is 2. The molecule has 4 nitrogen and oxygen atoms in total. The lowest BCUT2D eigenvalue weighted by Crippen LogP contribution is -2.24. The number of benzene rings is 3. The number of carbonyl (C=O) groups is 1. The number of nitrogens with zero attached hydrogens (tertiary/aromatic N) is 1. The molecule has 25 heavy (non-hydrogen) atoms. The number of amides is 1. The summed E-state index contributed by atoms with van der Waals surface area (Å²) < 4.78 is 27.5. The van der Waals surface area contributed by atoms with Crippen molar-refractivity contribution in [1.29, 1.82) is 0 Å². The number of guanidine groups is 1. The van der Waals surface area contributed by atoms with E-state index >= 15 is 0 Å². The van der Waals surface area contributed by atoms with Crippen LogP contribution in [0.4, 0.5) is 8.78 Å². The topological polar surface area (TPSA) is 81.5 Å². The van der Waals surface area contributed by atoms with Crippen molar-refractivity contribution in [1.82, 2.24) is 0 Å². The van der Waals surface area contributed by atoms with Gasteiger partial charge in [0.15, 0.2) is 5.96 Å². The van der Waals surface area contributed by atoms with Gasteiger partial charge < -0.3 is 11.5 Å². The number of hydrogen-bond donors (Lipinski definition) is 2. The van der Waals surface area contributed by atoms with Crippen molar-refractivity contribution in [3.05, 3.63) is 71.5 Å². The highest BCUT2D eigenvalue weighted by molar-refractivity contribution is 6.06. The molecule has 0 bridgehead atoms. The van der Waals surface area contributed by atoms with Gasteiger partial charge in [-0.3, -0.25) is 4.79 Å². The normalized spacial score (nSPS) is 10.6. The molecule has 0 unspecified atom stereocenters. The van der Waals surface area contributed by atoms with Crippen LogP contribution in [0.1, 0.15) is 15.9 Å². The molecule has 3 rings (SSSR count). The Hall–Kier alpha value is -3.28. The molecule has 3 aromatic carbocycles. The van der Waals surface area contributed by atoms with Gasteiger partial charge in [-0.2, -0.15) is 4.99 Å². The van der Waals surface area contributed by atoms with Crippen molar-refractivity contribution in [2.75, 3.05) is 0 Å². The number of carbonyl (C=O) groups excluding carboxylic acids is 1. The Morgan fingerprint density at radius 3 is 2.44 bits per heavy atom. The van der Waals surface area contributed by atoms with Gasteiger partial charge in [0.05, 0.1) is 0 Å². The lowest BCUT2D eigenvalue weighted by Gasteiger charge is -2.10. The van der Waals surface area contributed by atoms with E-state index in [1.807, 2.05) is 6.07 Å². The van der Waals surface area contributed by atoms with Crippen LogP contribution in [0.2, 0.25) is 0 Å². The van der Waals surface area contributed by atoms with Crippen molar-refractivity contribution in [3.63, 3.8) is 0 Å². The van der Waals surface area contributed by atoms with E-state index in [9.17, 15) is 13.6 Å². The minimum Gasteiger partial charge on any atom is -0.370 e. The Morgan fingerprint density at radius 1 is 1.00 bits per heavy atom. The van der Waals surface area contributed by atoms with Gasteiger partial charge in [0.1, 0.15) is 12.5 Å². The predicted octanol–water partition coefficient (Wildman–Crippen LogP) is 3.53. The summed E-state index contributed by atoms with van der Waals surface area (Å²) >= 11 is 0. The zero-order chi connectivity index (χ0) is 18.0. The summed E-state index contributed by atoms with van der Waals surface area (Å²) in [6.45, 7) is -0.890. The lowest BCUT2D eigenvalue weighted by atomic mass is 9.95. The first-order valence-electron chi connectivity index (χ1n) is 7.51. The third kappa shape index (κ3) is 3.19. The zero-order valence-electron chi connectivity index (χ0n) is 13.2. The van der Waals surface area contributed by atoms with E-state index in [1.165, 1.54) is 6.07 Å². The van der Waals surface area contributed by atoms with Gasteiger partial charge in [0.25, 0.3) is 5.91 Å². The molecular formula is C19H15F2N3O.